The molecule has 158 valence electrons. The van der Waals surface area contributed by atoms with E-state index in [-0.39, 0.29) is 42.5 Å². The Balaban J connectivity index is 0.00000392. The summed E-state index contributed by atoms with van der Waals surface area (Å²) in [5.74, 6) is 2.28. The summed E-state index contributed by atoms with van der Waals surface area (Å²) in [7, 11) is 3.50. The van der Waals surface area contributed by atoms with Crippen LogP contribution in [0.2, 0.25) is 0 Å². The highest BCUT2D eigenvalue weighted by molar-refractivity contribution is 14.0. The van der Waals surface area contributed by atoms with Crippen molar-refractivity contribution in [3.05, 3.63) is 29.3 Å². The van der Waals surface area contributed by atoms with Gasteiger partial charge in [-0.1, -0.05) is 19.1 Å². The molecule has 0 spiro atoms. The number of guanidine groups is 1. The molecule has 6 nitrogen and oxygen atoms in total. The van der Waals surface area contributed by atoms with Crippen molar-refractivity contribution in [3.63, 3.8) is 0 Å². The van der Waals surface area contributed by atoms with Gasteiger partial charge in [-0.05, 0) is 50.7 Å². The Bertz CT molecular complexity index is 660. The van der Waals surface area contributed by atoms with Crippen molar-refractivity contribution in [2.24, 2.45) is 10.9 Å². The molecule has 0 saturated heterocycles. The third kappa shape index (κ3) is 8.67. The molecule has 1 fully saturated rings. The highest BCUT2D eigenvalue weighted by Crippen LogP contribution is 2.30. The molecule has 1 aliphatic carbocycles. The summed E-state index contributed by atoms with van der Waals surface area (Å²) >= 11 is 0. The minimum atomic E-state index is 0. The van der Waals surface area contributed by atoms with Crippen molar-refractivity contribution in [3.8, 4) is 5.75 Å². The third-order valence-electron chi connectivity index (χ3n) is 4.70. The Morgan fingerprint density at radius 2 is 2.07 bits per heavy atom. The molecule has 0 aliphatic heterocycles. The molecule has 1 atom stereocenters. The number of aryl methyl sites for hydroxylation is 1. The summed E-state index contributed by atoms with van der Waals surface area (Å²) in [5.41, 5.74) is 2.24. The van der Waals surface area contributed by atoms with E-state index in [0.717, 1.165) is 24.3 Å². The Morgan fingerprint density at radius 1 is 1.36 bits per heavy atom. The first-order chi connectivity index (χ1) is 12.9. The SMILES string of the molecule is CCC(C)NC(=NCc1ccc(C)cc1OCC1CC1)NCC(=O)N(C)C.I. The summed E-state index contributed by atoms with van der Waals surface area (Å²) < 4.78 is 6.04. The highest BCUT2D eigenvalue weighted by Gasteiger charge is 2.22. The van der Waals surface area contributed by atoms with E-state index in [4.69, 9.17) is 4.74 Å². The number of carbonyl (C=O) groups is 1. The lowest BCUT2D eigenvalue weighted by Gasteiger charge is -2.18. The molecule has 1 amide bonds. The van der Waals surface area contributed by atoms with Crippen molar-refractivity contribution < 1.29 is 9.53 Å². The van der Waals surface area contributed by atoms with E-state index >= 15 is 0 Å². The first-order valence-electron chi connectivity index (χ1n) is 9.86. The zero-order chi connectivity index (χ0) is 19.8. The fourth-order valence-electron chi connectivity index (χ4n) is 2.39. The number of hydrogen-bond acceptors (Lipinski definition) is 3. The molecule has 1 aliphatic rings. The maximum atomic E-state index is 11.9. The van der Waals surface area contributed by atoms with Gasteiger partial charge in [0.25, 0.3) is 0 Å². The molecule has 0 heterocycles. The molecule has 1 aromatic carbocycles. The van der Waals surface area contributed by atoms with Gasteiger partial charge in [0, 0.05) is 25.7 Å². The van der Waals surface area contributed by atoms with Gasteiger partial charge in [-0.3, -0.25) is 4.79 Å². The first-order valence-corrected chi connectivity index (χ1v) is 9.86. The van der Waals surface area contributed by atoms with Crippen LogP contribution in [0.3, 0.4) is 0 Å². The van der Waals surface area contributed by atoms with Crippen LogP contribution in [0, 0.1) is 12.8 Å². The number of rotatable bonds is 9. The molecule has 0 bridgehead atoms. The Hall–Kier alpha value is -1.51. The minimum Gasteiger partial charge on any atom is -0.493 e. The van der Waals surface area contributed by atoms with E-state index in [2.05, 4.69) is 54.6 Å². The number of benzene rings is 1. The average molecular weight is 502 g/mol. The van der Waals surface area contributed by atoms with Crippen LogP contribution < -0.4 is 15.4 Å². The number of nitrogens with zero attached hydrogens (tertiary/aromatic N) is 2. The first kappa shape index (κ1) is 24.5. The molecule has 7 heteroatoms. The number of aliphatic imine (C=N–C) groups is 1. The quantitative estimate of drug-likeness (QED) is 0.309. The van der Waals surface area contributed by atoms with Gasteiger partial charge in [-0.25, -0.2) is 4.99 Å². The number of carbonyl (C=O) groups excluding carboxylic acids is 1. The molecular weight excluding hydrogens is 467 g/mol. The number of likely N-dealkylation sites (N-methyl/N-ethyl adjacent to an activating group) is 1. The van der Waals surface area contributed by atoms with Gasteiger partial charge in [0.15, 0.2) is 5.96 Å². The van der Waals surface area contributed by atoms with Gasteiger partial charge in [0.2, 0.25) is 5.91 Å². The van der Waals surface area contributed by atoms with Gasteiger partial charge < -0.3 is 20.3 Å². The maximum Gasteiger partial charge on any atom is 0.241 e. The molecular formula is C21H35IN4O2. The van der Waals surface area contributed by atoms with Gasteiger partial charge in [-0.15, -0.1) is 24.0 Å². The standard InChI is InChI=1S/C21H34N4O2.HI/c1-6-16(3)24-21(23-13-20(26)25(4)5)22-12-18-10-7-15(2)11-19(18)27-14-17-8-9-17;/h7,10-11,16-17H,6,8-9,12-14H2,1-5H3,(H2,22,23,24);1H. The van der Waals surface area contributed by atoms with Crippen LogP contribution in [0.1, 0.15) is 44.2 Å². The molecule has 0 radical (unpaired) electrons. The van der Waals surface area contributed by atoms with E-state index in [1.54, 1.807) is 19.0 Å². The highest BCUT2D eigenvalue weighted by atomic mass is 127. The zero-order valence-corrected chi connectivity index (χ0v) is 20.1. The molecule has 28 heavy (non-hydrogen) atoms. The van der Waals surface area contributed by atoms with Gasteiger partial charge in [0.1, 0.15) is 5.75 Å². The van der Waals surface area contributed by atoms with Crippen molar-refractivity contribution in [2.45, 2.75) is 52.6 Å². The Labute approximate surface area is 186 Å². The number of nitrogens with one attached hydrogen (secondary N) is 2. The second kappa shape index (κ2) is 12.1. The van der Waals surface area contributed by atoms with Gasteiger partial charge >= 0.3 is 0 Å². The number of halogens is 1. The normalized spacial score (nSPS) is 14.7. The molecule has 2 rings (SSSR count). The van der Waals surface area contributed by atoms with E-state index in [9.17, 15) is 4.79 Å². The monoisotopic (exact) mass is 502 g/mol. The van der Waals surface area contributed by atoms with Crippen LogP contribution in [0.25, 0.3) is 0 Å². The third-order valence-corrected chi connectivity index (χ3v) is 4.70. The second-order valence-electron chi connectivity index (χ2n) is 7.63. The number of amides is 1. The topological polar surface area (TPSA) is 66.0 Å². The number of ether oxygens (including phenoxy) is 1. The van der Waals surface area contributed by atoms with Crippen LogP contribution in [-0.2, 0) is 11.3 Å². The van der Waals surface area contributed by atoms with E-state index in [1.807, 2.05) is 0 Å². The maximum absolute atomic E-state index is 11.9. The Kier molecular flexibility index (Phi) is 10.6. The molecule has 1 aromatic rings. The van der Waals surface area contributed by atoms with Gasteiger partial charge in [-0.2, -0.15) is 0 Å². The second-order valence-corrected chi connectivity index (χ2v) is 7.63. The van der Waals surface area contributed by atoms with Crippen LogP contribution in [0.15, 0.2) is 23.2 Å². The molecule has 0 aromatic heterocycles. The van der Waals surface area contributed by atoms with Crippen LogP contribution in [0.4, 0.5) is 0 Å². The molecule has 1 saturated carbocycles. The predicted octanol–water partition coefficient (Wildman–Crippen LogP) is 3.32. The summed E-state index contributed by atoms with van der Waals surface area (Å²) in [5, 5.41) is 6.48. The molecule has 2 N–H and O–H groups in total. The molecule has 1 unspecified atom stereocenters. The predicted molar refractivity (Wildman–Crippen MR) is 126 cm³/mol. The average Bonchev–Trinajstić information content (AvgIpc) is 3.46. The summed E-state index contributed by atoms with van der Waals surface area (Å²) in [6, 6.07) is 6.51. The van der Waals surface area contributed by atoms with E-state index < -0.39 is 0 Å². The van der Waals surface area contributed by atoms with Crippen LogP contribution in [0.5, 0.6) is 5.75 Å². The smallest absolute Gasteiger partial charge is 0.241 e. The fraction of sp³-hybridized carbons (Fsp3) is 0.619. The van der Waals surface area contributed by atoms with Crippen molar-refractivity contribution in [2.75, 3.05) is 27.2 Å². The van der Waals surface area contributed by atoms with Crippen molar-refractivity contribution in [1.29, 1.82) is 0 Å². The lowest BCUT2D eigenvalue weighted by Crippen LogP contribution is -2.45. The van der Waals surface area contributed by atoms with Gasteiger partial charge in [0.05, 0.1) is 19.7 Å². The number of hydrogen-bond donors (Lipinski definition) is 2. The van der Waals surface area contributed by atoms with Crippen molar-refractivity contribution in [1.82, 2.24) is 15.5 Å². The summed E-state index contributed by atoms with van der Waals surface area (Å²) in [4.78, 5) is 18.1. The lowest BCUT2D eigenvalue weighted by atomic mass is 10.1. The lowest BCUT2D eigenvalue weighted by molar-refractivity contribution is -0.127. The fourth-order valence-corrected chi connectivity index (χ4v) is 2.39. The summed E-state index contributed by atoms with van der Waals surface area (Å²) in [6.07, 6.45) is 3.51. The van der Waals surface area contributed by atoms with Crippen LogP contribution >= 0.6 is 24.0 Å². The minimum absolute atomic E-state index is 0. The Morgan fingerprint density at radius 3 is 2.68 bits per heavy atom. The largest absolute Gasteiger partial charge is 0.493 e. The van der Waals surface area contributed by atoms with Crippen LogP contribution in [-0.4, -0.2) is 50.1 Å². The van der Waals surface area contributed by atoms with E-state index in [0.29, 0.717) is 18.4 Å². The van der Waals surface area contributed by atoms with Crippen molar-refractivity contribution >= 4 is 35.8 Å². The zero-order valence-electron chi connectivity index (χ0n) is 17.7. The van der Waals surface area contributed by atoms with E-state index in [1.165, 1.54) is 18.4 Å². The summed E-state index contributed by atoms with van der Waals surface area (Å²) in [6.45, 7) is 7.79.